The molecule has 0 aromatic carbocycles. The van der Waals surface area contributed by atoms with Crippen LogP contribution >= 0.6 is 0 Å². The van der Waals surface area contributed by atoms with Crippen molar-refractivity contribution >= 4 is 5.71 Å². The van der Waals surface area contributed by atoms with Crippen LogP contribution in [0.25, 0.3) is 0 Å². The summed E-state index contributed by atoms with van der Waals surface area (Å²) >= 11 is 0. The number of allylic oxidation sites excluding steroid dienone is 3. The molecule has 0 N–H and O–H groups in total. The molecule has 0 atom stereocenters. The fourth-order valence-corrected chi connectivity index (χ4v) is 1.20. The SMILES string of the molecule is C=C/C=C(/OCCOC)C(=NC)C(C)C. The predicted octanol–water partition coefficient (Wildman–Crippen LogP) is 2.45. The van der Waals surface area contributed by atoms with Crippen molar-refractivity contribution in [2.45, 2.75) is 13.8 Å². The molecule has 0 heterocycles. The third kappa shape index (κ3) is 5.37. The Hall–Kier alpha value is -1.09. The van der Waals surface area contributed by atoms with E-state index >= 15 is 0 Å². The molecule has 0 saturated heterocycles. The van der Waals surface area contributed by atoms with Crippen LogP contribution in [0.5, 0.6) is 0 Å². The van der Waals surface area contributed by atoms with Crippen LogP contribution in [-0.2, 0) is 9.47 Å². The highest BCUT2D eigenvalue weighted by atomic mass is 16.5. The first kappa shape index (κ1) is 13.9. The van der Waals surface area contributed by atoms with E-state index in [1.807, 2.05) is 6.08 Å². The Kier molecular flexibility index (Phi) is 7.64. The number of methoxy groups -OCH3 is 1. The van der Waals surface area contributed by atoms with Crippen molar-refractivity contribution in [3.63, 3.8) is 0 Å². The molecule has 0 aromatic heterocycles. The summed E-state index contributed by atoms with van der Waals surface area (Å²) in [4.78, 5) is 4.22. The lowest BCUT2D eigenvalue weighted by Crippen LogP contribution is -2.15. The molecule has 0 amide bonds. The first-order chi connectivity index (χ1) is 7.17. The number of hydrogen-bond acceptors (Lipinski definition) is 3. The third-order valence-corrected chi connectivity index (χ3v) is 1.85. The van der Waals surface area contributed by atoms with Crippen LogP contribution < -0.4 is 0 Å². The minimum Gasteiger partial charge on any atom is -0.489 e. The molecule has 0 aromatic rings. The predicted molar refractivity (Wildman–Crippen MR) is 64.3 cm³/mol. The summed E-state index contributed by atoms with van der Waals surface area (Å²) < 4.78 is 10.5. The molecule has 3 nitrogen and oxygen atoms in total. The van der Waals surface area contributed by atoms with Crippen LogP contribution in [-0.4, -0.2) is 33.1 Å². The highest BCUT2D eigenvalue weighted by Crippen LogP contribution is 2.10. The van der Waals surface area contributed by atoms with Crippen LogP contribution in [0.15, 0.2) is 29.5 Å². The van der Waals surface area contributed by atoms with Crippen LogP contribution in [0.1, 0.15) is 13.8 Å². The molecule has 0 spiro atoms. The van der Waals surface area contributed by atoms with E-state index in [0.29, 0.717) is 19.1 Å². The van der Waals surface area contributed by atoms with E-state index in [1.165, 1.54) is 0 Å². The molecule has 0 aliphatic carbocycles. The van der Waals surface area contributed by atoms with Crippen LogP contribution in [0.2, 0.25) is 0 Å². The third-order valence-electron chi connectivity index (χ3n) is 1.85. The minimum absolute atomic E-state index is 0.337. The molecule has 0 aliphatic heterocycles. The maximum atomic E-state index is 5.57. The number of hydrogen-bond donors (Lipinski definition) is 0. The lowest BCUT2D eigenvalue weighted by Gasteiger charge is -2.14. The van der Waals surface area contributed by atoms with E-state index in [0.717, 1.165) is 11.5 Å². The summed E-state index contributed by atoms with van der Waals surface area (Å²) in [6.07, 6.45) is 3.54. The van der Waals surface area contributed by atoms with Crippen molar-refractivity contribution in [3.8, 4) is 0 Å². The first-order valence-electron chi connectivity index (χ1n) is 5.08. The van der Waals surface area contributed by atoms with Crippen LogP contribution in [0.4, 0.5) is 0 Å². The number of nitrogens with zero attached hydrogens (tertiary/aromatic N) is 1. The van der Waals surface area contributed by atoms with Crippen LogP contribution in [0.3, 0.4) is 0 Å². The van der Waals surface area contributed by atoms with Gasteiger partial charge in [0.05, 0.1) is 12.3 Å². The summed E-state index contributed by atoms with van der Waals surface area (Å²) in [7, 11) is 3.42. The van der Waals surface area contributed by atoms with Crippen molar-refractivity contribution in [3.05, 3.63) is 24.5 Å². The Balaban J connectivity index is 4.51. The molecule has 0 unspecified atom stereocenters. The summed E-state index contributed by atoms with van der Waals surface area (Å²) in [6.45, 7) is 8.93. The second kappa shape index (κ2) is 8.24. The number of rotatable bonds is 7. The van der Waals surface area contributed by atoms with Gasteiger partial charge >= 0.3 is 0 Å². The van der Waals surface area contributed by atoms with Gasteiger partial charge in [0.25, 0.3) is 0 Å². The Morgan fingerprint density at radius 2 is 2.07 bits per heavy atom. The first-order valence-corrected chi connectivity index (χ1v) is 5.08. The molecule has 86 valence electrons. The normalized spacial score (nSPS) is 13.1. The molecule has 0 aliphatic rings. The van der Waals surface area contributed by atoms with Crippen molar-refractivity contribution < 1.29 is 9.47 Å². The maximum Gasteiger partial charge on any atom is 0.140 e. The van der Waals surface area contributed by atoms with Crippen molar-refractivity contribution in [2.75, 3.05) is 27.4 Å². The average molecular weight is 211 g/mol. The molecule has 0 radical (unpaired) electrons. The van der Waals surface area contributed by atoms with Crippen molar-refractivity contribution in [1.29, 1.82) is 0 Å². The monoisotopic (exact) mass is 211 g/mol. The summed E-state index contributed by atoms with van der Waals surface area (Å²) in [6, 6.07) is 0. The Labute approximate surface area is 92.5 Å². The standard InChI is InChI=1S/C12H21NO2/c1-6-7-11(15-9-8-14-5)12(13-4)10(2)3/h6-7,10H,1,8-9H2,2-5H3/b11-7+,13-12?. The molecule has 0 fully saturated rings. The zero-order valence-electron chi connectivity index (χ0n) is 10.1. The summed E-state index contributed by atoms with van der Waals surface area (Å²) in [5.41, 5.74) is 0.950. The van der Waals surface area contributed by atoms with E-state index in [2.05, 4.69) is 25.4 Å². The lowest BCUT2D eigenvalue weighted by molar-refractivity contribution is 0.116. The maximum absolute atomic E-state index is 5.57. The zero-order chi connectivity index (χ0) is 11.7. The van der Waals surface area contributed by atoms with E-state index in [4.69, 9.17) is 9.47 Å². The number of ether oxygens (including phenoxy) is 2. The van der Waals surface area contributed by atoms with Gasteiger partial charge in [-0.15, -0.1) is 0 Å². The average Bonchev–Trinajstić information content (AvgIpc) is 2.18. The fourth-order valence-electron chi connectivity index (χ4n) is 1.20. The van der Waals surface area contributed by atoms with Gasteiger partial charge in [0.1, 0.15) is 12.4 Å². The van der Waals surface area contributed by atoms with Gasteiger partial charge in [-0.1, -0.05) is 26.5 Å². The second-order valence-electron chi connectivity index (χ2n) is 3.37. The molecule has 0 bridgehead atoms. The molecule has 15 heavy (non-hydrogen) atoms. The molecular formula is C12H21NO2. The topological polar surface area (TPSA) is 30.8 Å². The Morgan fingerprint density at radius 3 is 2.47 bits per heavy atom. The number of aliphatic imine (C=N–C) groups is 1. The lowest BCUT2D eigenvalue weighted by atomic mass is 10.1. The molecule has 3 heteroatoms. The van der Waals surface area contributed by atoms with Gasteiger partial charge < -0.3 is 9.47 Å². The molecular weight excluding hydrogens is 190 g/mol. The van der Waals surface area contributed by atoms with E-state index in [1.54, 1.807) is 20.2 Å². The Bertz CT molecular complexity index is 242. The second-order valence-corrected chi connectivity index (χ2v) is 3.37. The molecule has 0 rings (SSSR count). The Morgan fingerprint density at radius 1 is 1.40 bits per heavy atom. The fraction of sp³-hybridized carbons (Fsp3) is 0.583. The van der Waals surface area contributed by atoms with Crippen molar-refractivity contribution in [1.82, 2.24) is 0 Å². The van der Waals surface area contributed by atoms with Gasteiger partial charge in [0.15, 0.2) is 0 Å². The zero-order valence-corrected chi connectivity index (χ0v) is 10.1. The minimum atomic E-state index is 0.337. The molecule has 0 saturated carbocycles. The van der Waals surface area contributed by atoms with Gasteiger partial charge in [-0.3, -0.25) is 4.99 Å². The van der Waals surface area contributed by atoms with Gasteiger partial charge in [-0.2, -0.15) is 0 Å². The van der Waals surface area contributed by atoms with Crippen molar-refractivity contribution in [2.24, 2.45) is 10.9 Å². The quantitative estimate of drug-likeness (QED) is 0.280. The van der Waals surface area contributed by atoms with E-state index in [-0.39, 0.29) is 0 Å². The summed E-state index contributed by atoms with van der Waals surface area (Å²) in [5.74, 6) is 1.11. The summed E-state index contributed by atoms with van der Waals surface area (Å²) in [5, 5.41) is 0. The van der Waals surface area contributed by atoms with Gasteiger partial charge in [0, 0.05) is 14.2 Å². The van der Waals surface area contributed by atoms with Crippen LogP contribution in [0, 0.1) is 5.92 Å². The highest BCUT2D eigenvalue weighted by Gasteiger charge is 2.11. The van der Waals surface area contributed by atoms with E-state index in [9.17, 15) is 0 Å². The van der Waals surface area contributed by atoms with Gasteiger partial charge in [-0.25, -0.2) is 0 Å². The largest absolute Gasteiger partial charge is 0.489 e. The van der Waals surface area contributed by atoms with Gasteiger partial charge in [0.2, 0.25) is 0 Å². The van der Waals surface area contributed by atoms with Gasteiger partial charge in [-0.05, 0) is 12.0 Å². The van der Waals surface area contributed by atoms with E-state index < -0.39 is 0 Å². The smallest absolute Gasteiger partial charge is 0.140 e. The highest BCUT2D eigenvalue weighted by molar-refractivity contribution is 5.99.